The van der Waals surface area contributed by atoms with Crippen molar-refractivity contribution in [3.8, 4) is 0 Å². The first-order chi connectivity index (χ1) is 9.51. The van der Waals surface area contributed by atoms with Crippen molar-refractivity contribution in [3.05, 3.63) is 29.8 Å². The average molecular weight is 275 g/mol. The molecule has 0 radical (unpaired) electrons. The predicted molar refractivity (Wildman–Crippen MR) is 74.2 cm³/mol. The Morgan fingerprint density at radius 2 is 2.20 bits per heavy atom. The monoisotopic (exact) mass is 275 g/mol. The van der Waals surface area contributed by atoms with Gasteiger partial charge >= 0.3 is 0 Å². The lowest BCUT2D eigenvalue weighted by Crippen LogP contribution is -2.65. The molecule has 2 aliphatic rings. The second-order valence-corrected chi connectivity index (χ2v) is 6.26. The van der Waals surface area contributed by atoms with Crippen molar-refractivity contribution in [2.75, 3.05) is 25.1 Å². The van der Waals surface area contributed by atoms with E-state index in [1.807, 2.05) is 23.2 Å². The number of para-hydroxylation sites is 1. The molecule has 2 aliphatic heterocycles. The zero-order chi connectivity index (χ0) is 14.3. The first-order valence-electron chi connectivity index (χ1n) is 7.18. The zero-order valence-corrected chi connectivity index (χ0v) is 11.8. The van der Waals surface area contributed by atoms with Crippen LogP contribution in [0.15, 0.2) is 24.3 Å². The smallest absolute Gasteiger partial charge is 0.182 e. The number of likely N-dealkylation sites (tertiary alicyclic amines) is 1. The standard InChI is InChI=1S/C15H21N3O2/c1-18(8-4-6-12(10-18)15(19)20)14-9-11-5-2-3-7-13(11)17(14)16/h2-3,5,7,12,14H,4,6,8-10,16H2,1H3. The SMILES string of the molecule is C[N+]1(C2Cc3ccccc3N2N)CCCC(C(=O)[O-])C1. The summed E-state index contributed by atoms with van der Waals surface area (Å²) >= 11 is 0. The van der Waals surface area contributed by atoms with E-state index in [9.17, 15) is 9.90 Å². The summed E-state index contributed by atoms with van der Waals surface area (Å²) in [4.78, 5) is 11.2. The van der Waals surface area contributed by atoms with E-state index >= 15 is 0 Å². The van der Waals surface area contributed by atoms with Gasteiger partial charge in [-0.3, -0.25) is 5.01 Å². The highest BCUT2D eigenvalue weighted by Gasteiger charge is 2.44. The molecule has 2 N–H and O–H groups in total. The van der Waals surface area contributed by atoms with Gasteiger partial charge in [-0.1, -0.05) is 18.2 Å². The minimum atomic E-state index is -0.923. The molecule has 1 saturated heterocycles. The van der Waals surface area contributed by atoms with Crippen LogP contribution >= 0.6 is 0 Å². The zero-order valence-electron chi connectivity index (χ0n) is 11.8. The van der Waals surface area contributed by atoms with Crippen LogP contribution in [0.4, 0.5) is 5.69 Å². The fourth-order valence-corrected chi connectivity index (χ4v) is 3.76. The van der Waals surface area contributed by atoms with E-state index in [1.165, 1.54) is 5.56 Å². The third kappa shape index (κ3) is 2.07. The molecular weight excluding hydrogens is 254 g/mol. The van der Waals surface area contributed by atoms with Crippen molar-refractivity contribution < 1.29 is 14.4 Å². The third-order valence-electron chi connectivity index (χ3n) is 4.91. The first-order valence-corrected chi connectivity index (χ1v) is 7.18. The van der Waals surface area contributed by atoms with E-state index < -0.39 is 5.97 Å². The second-order valence-electron chi connectivity index (χ2n) is 6.26. The summed E-state index contributed by atoms with van der Waals surface area (Å²) in [6.07, 6.45) is 2.63. The van der Waals surface area contributed by atoms with Gasteiger partial charge in [0.15, 0.2) is 6.17 Å². The fraction of sp³-hybridized carbons (Fsp3) is 0.533. The van der Waals surface area contributed by atoms with Gasteiger partial charge in [-0.25, -0.2) is 5.84 Å². The molecule has 0 aliphatic carbocycles. The van der Waals surface area contributed by atoms with Gasteiger partial charge in [-0.2, -0.15) is 0 Å². The van der Waals surface area contributed by atoms with E-state index in [0.29, 0.717) is 11.0 Å². The molecular formula is C15H21N3O2. The van der Waals surface area contributed by atoms with Gasteiger partial charge in [0.2, 0.25) is 0 Å². The molecule has 1 aromatic carbocycles. The number of hydrogen-bond acceptors (Lipinski definition) is 4. The van der Waals surface area contributed by atoms with Crippen molar-refractivity contribution >= 4 is 11.7 Å². The summed E-state index contributed by atoms with van der Waals surface area (Å²) in [7, 11) is 2.12. The van der Waals surface area contributed by atoms with Crippen LogP contribution in [0.5, 0.6) is 0 Å². The fourth-order valence-electron chi connectivity index (χ4n) is 3.76. The van der Waals surface area contributed by atoms with Crippen molar-refractivity contribution in [3.63, 3.8) is 0 Å². The highest BCUT2D eigenvalue weighted by atomic mass is 16.4. The lowest BCUT2D eigenvalue weighted by molar-refractivity contribution is -0.939. The number of rotatable bonds is 2. The molecule has 0 bridgehead atoms. The highest BCUT2D eigenvalue weighted by molar-refractivity contribution is 5.67. The van der Waals surface area contributed by atoms with Crippen LogP contribution in [0.25, 0.3) is 0 Å². The van der Waals surface area contributed by atoms with E-state index in [2.05, 4.69) is 13.1 Å². The van der Waals surface area contributed by atoms with Gasteiger partial charge in [0.1, 0.15) is 0 Å². The lowest BCUT2D eigenvalue weighted by atomic mass is 9.95. The van der Waals surface area contributed by atoms with Gasteiger partial charge in [-0.15, -0.1) is 0 Å². The molecule has 20 heavy (non-hydrogen) atoms. The molecule has 0 saturated carbocycles. The van der Waals surface area contributed by atoms with Crippen LogP contribution in [0, 0.1) is 5.92 Å². The topological polar surface area (TPSA) is 69.4 Å². The first kappa shape index (κ1) is 13.4. The number of carboxylic acids is 1. The van der Waals surface area contributed by atoms with Crippen molar-refractivity contribution in [2.45, 2.75) is 25.4 Å². The van der Waals surface area contributed by atoms with Gasteiger partial charge in [-0.05, 0) is 24.5 Å². The summed E-state index contributed by atoms with van der Waals surface area (Å²) in [6, 6.07) is 8.14. The number of carboxylic acid groups (broad SMARTS) is 1. The quantitative estimate of drug-likeness (QED) is 0.602. The molecule has 0 aromatic heterocycles. The summed E-state index contributed by atoms with van der Waals surface area (Å²) in [6.45, 7) is 1.57. The van der Waals surface area contributed by atoms with Crippen molar-refractivity contribution in [2.24, 2.45) is 11.8 Å². The van der Waals surface area contributed by atoms with Crippen LogP contribution < -0.4 is 16.0 Å². The molecule has 1 fully saturated rings. The van der Waals surface area contributed by atoms with Crippen LogP contribution in [0.3, 0.4) is 0 Å². The number of nitrogens with two attached hydrogens (primary N) is 1. The highest BCUT2D eigenvalue weighted by Crippen LogP contribution is 2.36. The van der Waals surface area contributed by atoms with Crippen molar-refractivity contribution in [1.82, 2.24) is 0 Å². The summed E-state index contributed by atoms with van der Waals surface area (Å²) in [5, 5.41) is 13.0. The Kier molecular flexibility index (Phi) is 3.18. The number of carbonyl (C=O) groups excluding carboxylic acids is 1. The Labute approximate surface area is 119 Å². The molecule has 108 valence electrons. The second kappa shape index (κ2) is 4.75. The van der Waals surface area contributed by atoms with Crippen LogP contribution in [-0.4, -0.2) is 36.8 Å². The molecule has 0 spiro atoms. The number of piperidine rings is 1. The largest absolute Gasteiger partial charge is 0.550 e. The number of fused-ring (bicyclic) bond motifs is 1. The molecule has 0 amide bonds. The van der Waals surface area contributed by atoms with Gasteiger partial charge in [0.05, 0.1) is 31.8 Å². The Balaban J connectivity index is 1.85. The number of carbonyl (C=O) groups is 1. The number of anilines is 1. The van der Waals surface area contributed by atoms with Gasteiger partial charge < -0.3 is 14.4 Å². The maximum atomic E-state index is 11.2. The predicted octanol–water partition coefficient (Wildman–Crippen LogP) is -0.145. The number of hydrogen-bond donors (Lipinski definition) is 1. The Morgan fingerprint density at radius 3 is 2.90 bits per heavy atom. The number of aliphatic carboxylic acids is 1. The maximum absolute atomic E-state index is 11.2. The van der Waals surface area contributed by atoms with Crippen LogP contribution in [0.1, 0.15) is 18.4 Å². The summed E-state index contributed by atoms with van der Waals surface area (Å²) in [5.41, 5.74) is 2.31. The number of benzene rings is 1. The number of hydrazine groups is 1. The van der Waals surface area contributed by atoms with Crippen LogP contribution in [0.2, 0.25) is 0 Å². The number of nitrogens with zero attached hydrogens (tertiary/aromatic N) is 2. The summed E-state index contributed by atoms with van der Waals surface area (Å²) < 4.78 is 0.684. The van der Waals surface area contributed by atoms with E-state index in [4.69, 9.17) is 5.84 Å². The minimum absolute atomic E-state index is 0.120. The lowest BCUT2D eigenvalue weighted by Gasteiger charge is -2.47. The molecule has 2 heterocycles. The van der Waals surface area contributed by atoms with Gasteiger partial charge in [0.25, 0.3) is 0 Å². The maximum Gasteiger partial charge on any atom is 0.182 e. The Morgan fingerprint density at radius 1 is 1.45 bits per heavy atom. The Hall–Kier alpha value is -1.59. The van der Waals surface area contributed by atoms with E-state index in [-0.39, 0.29) is 12.1 Å². The molecule has 5 nitrogen and oxygen atoms in total. The van der Waals surface area contributed by atoms with Crippen molar-refractivity contribution in [1.29, 1.82) is 0 Å². The molecule has 3 atom stereocenters. The molecule has 3 rings (SSSR count). The van der Waals surface area contributed by atoms with Gasteiger partial charge in [0, 0.05) is 12.3 Å². The van der Waals surface area contributed by atoms with Crippen LogP contribution in [-0.2, 0) is 11.2 Å². The molecule has 3 unspecified atom stereocenters. The third-order valence-corrected chi connectivity index (χ3v) is 4.91. The average Bonchev–Trinajstić information content (AvgIpc) is 2.77. The van der Waals surface area contributed by atoms with E-state index in [1.54, 1.807) is 0 Å². The molecule has 5 heteroatoms. The normalized spacial score (nSPS) is 33.0. The summed E-state index contributed by atoms with van der Waals surface area (Å²) in [5.74, 6) is 5.00. The Bertz CT molecular complexity index is 534. The van der Waals surface area contributed by atoms with E-state index in [0.717, 1.165) is 31.5 Å². The number of likely N-dealkylation sites (N-methyl/N-ethyl adjacent to an activating group) is 1. The minimum Gasteiger partial charge on any atom is -0.550 e. The number of quaternary nitrogens is 1. The molecule has 1 aromatic rings.